The van der Waals surface area contributed by atoms with Gasteiger partial charge in [0.1, 0.15) is 13.2 Å². The number of carbonyl (C=O) groups is 3. The summed E-state index contributed by atoms with van der Waals surface area (Å²) >= 11 is 0. The predicted molar refractivity (Wildman–Crippen MR) is 329 cm³/mol. The van der Waals surface area contributed by atoms with E-state index in [1.807, 2.05) is 0 Å². The summed E-state index contributed by atoms with van der Waals surface area (Å²) in [7, 11) is 0. The Balaban J connectivity index is 4.16. The smallest absolute Gasteiger partial charge is 0.306 e. The lowest BCUT2D eigenvalue weighted by atomic mass is 10.0. The molecule has 0 fully saturated rings. The second kappa shape index (κ2) is 63.1. The Hall–Kier alpha value is -4.45. The standard InChI is InChI=1S/C70H114O6/c1-4-7-10-13-16-19-21-23-25-27-28-29-30-31-32-33-34-35-36-37-38-39-40-41-42-44-45-47-49-51-54-57-60-63-69(72)75-66-67(65-74-68(71)62-59-56-53-18-15-12-9-6-3)76-70(73)64-61-58-55-52-50-48-46-43-26-24-22-20-17-14-11-8-5-2/h7-8,10-11,16-17,19-20,23-26,28-29,31-32,34-35,46,48,52,55,67H,4-6,9,12-15,18,21-22,27,30,33,36-45,47,49-51,53-54,56-66H2,1-3H3/b10-7-,11-8-,19-16-,20-17-,25-23-,26-24-,29-28-,32-31-,35-34-,48-46-,55-52-. The van der Waals surface area contributed by atoms with Gasteiger partial charge in [0.05, 0.1) is 0 Å². The van der Waals surface area contributed by atoms with Crippen LogP contribution in [0, 0.1) is 0 Å². The van der Waals surface area contributed by atoms with E-state index in [1.54, 1.807) is 0 Å². The quantitative estimate of drug-likeness (QED) is 0.0261. The molecule has 0 heterocycles. The number of esters is 3. The predicted octanol–water partition coefficient (Wildman–Crippen LogP) is 21.4. The summed E-state index contributed by atoms with van der Waals surface area (Å²) in [4.78, 5) is 38.0. The molecule has 0 N–H and O–H groups in total. The number of carbonyl (C=O) groups excluding carboxylic acids is 3. The molecular formula is C70H114O6. The van der Waals surface area contributed by atoms with Crippen molar-refractivity contribution < 1.29 is 28.6 Å². The second-order valence-corrected chi connectivity index (χ2v) is 20.2. The molecule has 6 heteroatoms. The Kier molecular flexibility index (Phi) is 59.4. The Labute approximate surface area is 468 Å². The first-order chi connectivity index (χ1) is 37.5. The van der Waals surface area contributed by atoms with E-state index in [9.17, 15) is 14.4 Å². The van der Waals surface area contributed by atoms with Crippen LogP contribution in [0.3, 0.4) is 0 Å². The molecule has 0 aliphatic carbocycles. The molecule has 6 nitrogen and oxygen atoms in total. The molecule has 0 bridgehead atoms. The number of hydrogen-bond donors (Lipinski definition) is 0. The van der Waals surface area contributed by atoms with Crippen molar-refractivity contribution in [3.8, 4) is 0 Å². The fraction of sp³-hybridized carbons (Fsp3) is 0.643. The zero-order valence-corrected chi connectivity index (χ0v) is 49.2. The van der Waals surface area contributed by atoms with Crippen LogP contribution < -0.4 is 0 Å². The second-order valence-electron chi connectivity index (χ2n) is 20.2. The van der Waals surface area contributed by atoms with Crippen molar-refractivity contribution in [3.05, 3.63) is 134 Å². The van der Waals surface area contributed by atoms with Crippen molar-refractivity contribution in [2.24, 2.45) is 0 Å². The van der Waals surface area contributed by atoms with Crippen molar-refractivity contribution in [1.82, 2.24) is 0 Å². The van der Waals surface area contributed by atoms with Crippen LogP contribution in [0.1, 0.15) is 271 Å². The van der Waals surface area contributed by atoms with Gasteiger partial charge in [0.15, 0.2) is 6.10 Å². The van der Waals surface area contributed by atoms with Gasteiger partial charge >= 0.3 is 17.9 Å². The van der Waals surface area contributed by atoms with Crippen molar-refractivity contribution in [1.29, 1.82) is 0 Å². The van der Waals surface area contributed by atoms with Crippen LogP contribution in [0.4, 0.5) is 0 Å². The van der Waals surface area contributed by atoms with Crippen molar-refractivity contribution in [3.63, 3.8) is 0 Å². The summed E-state index contributed by atoms with van der Waals surface area (Å²) in [5.74, 6) is -0.965. The molecular weight excluding hydrogens is 937 g/mol. The van der Waals surface area contributed by atoms with Crippen LogP contribution in [0.2, 0.25) is 0 Å². The average Bonchev–Trinajstić information content (AvgIpc) is 3.42. The van der Waals surface area contributed by atoms with E-state index in [4.69, 9.17) is 14.2 Å². The van der Waals surface area contributed by atoms with E-state index in [2.05, 4.69) is 154 Å². The fourth-order valence-corrected chi connectivity index (χ4v) is 8.31. The number of rotatable bonds is 55. The van der Waals surface area contributed by atoms with E-state index in [-0.39, 0.29) is 37.5 Å². The van der Waals surface area contributed by atoms with Crippen LogP contribution >= 0.6 is 0 Å². The first-order valence-electron chi connectivity index (χ1n) is 31.2. The number of allylic oxidation sites excluding steroid dienone is 22. The maximum atomic E-state index is 12.8. The molecule has 0 amide bonds. The van der Waals surface area contributed by atoms with Gasteiger partial charge in [0, 0.05) is 19.3 Å². The van der Waals surface area contributed by atoms with Gasteiger partial charge in [-0.05, 0) is 109 Å². The monoisotopic (exact) mass is 1050 g/mol. The summed E-state index contributed by atoms with van der Waals surface area (Å²) in [6.07, 6.45) is 89.2. The molecule has 0 aliphatic heterocycles. The normalized spacial score (nSPS) is 13.0. The molecule has 0 aromatic heterocycles. The molecule has 1 atom stereocenters. The molecule has 430 valence electrons. The molecule has 0 aromatic rings. The Morgan fingerprint density at radius 1 is 0.276 bits per heavy atom. The van der Waals surface area contributed by atoms with Crippen LogP contribution in [0.5, 0.6) is 0 Å². The van der Waals surface area contributed by atoms with Crippen molar-refractivity contribution in [2.45, 2.75) is 277 Å². The molecule has 0 rings (SSSR count). The van der Waals surface area contributed by atoms with Gasteiger partial charge in [0.25, 0.3) is 0 Å². The number of unbranched alkanes of at least 4 members (excludes halogenated alkanes) is 22. The molecule has 0 saturated heterocycles. The largest absolute Gasteiger partial charge is 0.462 e. The average molecular weight is 1050 g/mol. The zero-order valence-electron chi connectivity index (χ0n) is 49.2. The highest BCUT2D eigenvalue weighted by Gasteiger charge is 2.19. The Morgan fingerprint density at radius 2 is 0.526 bits per heavy atom. The van der Waals surface area contributed by atoms with Gasteiger partial charge in [-0.1, -0.05) is 276 Å². The molecule has 0 aliphatic rings. The summed E-state index contributed by atoms with van der Waals surface area (Å²) in [5.41, 5.74) is 0. The van der Waals surface area contributed by atoms with E-state index in [1.165, 1.54) is 109 Å². The van der Waals surface area contributed by atoms with Gasteiger partial charge in [-0.2, -0.15) is 0 Å². The summed E-state index contributed by atoms with van der Waals surface area (Å²) in [6.45, 7) is 6.33. The van der Waals surface area contributed by atoms with Crippen molar-refractivity contribution in [2.75, 3.05) is 13.2 Å². The van der Waals surface area contributed by atoms with Crippen LogP contribution in [0.25, 0.3) is 0 Å². The third kappa shape index (κ3) is 60.4. The lowest BCUT2D eigenvalue weighted by Crippen LogP contribution is -2.30. The SMILES string of the molecule is CC/C=C\C/C=C\C/C=C\C/C=C\C/C=C\C/C=C\CCCCCCCCCCCCCCCCC(=O)OCC(COC(=O)CCCCCCCCCC)OC(=O)CCC/C=C\C/C=C\C/C=C\C/C=C\C/C=C\CC. The lowest BCUT2D eigenvalue weighted by molar-refractivity contribution is -0.167. The topological polar surface area (TPSA) is 78.9 Å². The van der Waals surface area contributed by atoms with E-state index < -0.39 is 6.10 Å². The van der Waals surface area contributed by atoms with Gasteiger partial charge in [-0.3, -0.25) is 14.4 Å². The lowest BCUT2D eigenvalue weighted by Gasteiger charge is -2.18. The number of hydrogen-bond acceptors (Lipinski definition) is 6. The zero-order chi connectivity index (χ0) is 55.0. The highest BCUT2D eigenvalue weighted by Crippen LogP contribution is 2.15. The molecule has 1 unspecified atom stereocenters. The first kappa shape index (κ1) is 71.5. The first-order valence-corrected chi connectivity index (χ1v) is 31.2. The van der Waals surface area contributed by atoms with Crippen LogP contribution in [0.15, 0.2) is 134 Å². The van der Waals surface area contributed by atoms with Crippen LogP contribution in [-0.2, 0) is 28.6 Å². The molecule has 0 spiro atoms. The highest BCUT2D eigenvalue weighted by atomic mass is 16.6. The van der Waals surface area contributed by atoms with Gasteiger partial charge < -0.3 is 14.2 Å². The van der Waals surface area contributed by atoms with Crippen LogP contribution in [-0.4, -0.2) is 37.2 Å². The van der Waals surface area contributed by atoms with E-state index in [0.717, 1.165) is 116 Å². The van der Waals surface area contributed by atoms with Gasteiger partial charge in [-0.25, -0.2) is 0 Å². The minimum atomic E-state index is -0.808. The minimum Gasteiger partial charge on any atom is -0.462 e. The maximum absolute atomic E-state index is 12.8. The minimum absolute atomic E-state index is 0.101. The third-order valence-corrected chi connectivity index (χ3v) is 12.9. The number of ether oxygens (including phenoxy) is 3. The molecule has 0 aromatic carbocycles. The van der Waals surface area contributed by atoms with Crippen molar-refractivity contribution >= 4 is 17.9 Å². The molecule has 0 radical (unpaired) electrons. The van der Waals surface area contributed by atoms with E-state index in [0.29, 0.717) is 19.3 Å². The van der Waals surface area contributed by atoms with Gasteiger partial charge in [-0.15, -0.1) is 0 Å². The van der Waals surface area contributed by atoms with Gasteiger partial charge in [0.2, 0.25) is 0 Å². The van der Waals surface area contributed by atoms with E-state index >= 15 is 0 Å². The Bertz CT molecular complexity index is 1630. The molecule has 0 saturated carbocycles. The summed E-state index contributed by atoms with van der Waals surface area (Å²) in [6, 6.07) is 0. The summed E-state index contributed by atoms with van der Waals surface area (Å²) < 4.78 is 16.8. The summed E-state index contributed by atoms with van der Waals surface area (Å²) in [5, 5.41) is 0. The highest BCUT2D eigenvalue weighted by molar-refractivity contribution is 5.71. The Morgan fingerprint density at radius 3 is 0.842 bits per heavy atom. The fourth-order valence-electron chi connectivity index (χ4n) is 8.31. The third-order valence-electron chi connectivity index (χ3n) is 12.9. The maximum Gasteiger partial charge on any atom is 0.306 e. The molecule has 76 heavy (non-hydrogen) atoms.